The van der Waals surface area contributed by atoms with Crippen LogP contribution < -0.4 is 14.8 Å². The summed E-state index contributed by atoms with van der Waals surface area (Å²) in [5, 5.41) is 2.37. The summed E-state index contributed by atoms with van der Waals surface area (Å²) in [5.74, 6) is -0.629. The first kappa shape index (κ1) is 22.2. The molecular formula is C20H24N2O6S. The van der Waals surface area contributed by atoms with Gasteiger partial charge in [0, 0.05) is 12.7 Å². The molecule has 0 bridgehead atoms. The van der Waals surface area contributed by atoms with Crippen LogP contribution in [0.2, 0.25) is 0 Å². The van der Waals surface area contributed by atoms with Crippen molar-refractivity contribution in [3.63, 3.8) is 0 Å². The standard InChI is InChI=1S/C20H24N2O6S/c1-5-27-17-10-8-16(9-11-17)22-29(25,26)18-12-15(7-6-13(18)2)20(24)28-14(3)19(23)21-4/h6-12,14,22H,5H2,1-4H3,(H,21,23)/t14-/m1/s1. The molecule has 0 saturated carbocycles. The molecule has 2 N–H and O–H groups in total. The minimum absolute atomic E-state index is 0.0263. The van der Waals surface area contributed by atoms with Crippen molar-refractivity contribution in [2.45, 2.75) is 31.8 Å². The molecule has 8 nitrogen and oxygen atoms in total. The molecule has 2 aromatic carbocycles. The van der Waals surface area contributed by atoms with Crippen LogP contribution in [0, 0.1) is 6.92 Å². The zero-order chi connectivity index (χ0) is 21.6. The van der Waals surface area contributed by atoms with Gasteiger partial charge in [0.05, 0.1) is 17.1 Å². The van der Waals surface area contributed by atoms with E-state index in [1.165, 1.54) is 32.2 Å². The average Bonchev–Trinajstić information content (AvgIpc) is 2.68. The molecule has 0 aliphatic rings. The molecule has 156 valence electrons. The maximum Gasteiger partial charge on any atom is 0.338 e. The molecule has 0 unspecified atom stereocenters. The van der Waals surface area contributed by atoms with Crippen LogP contribution in [0.25, 0.3) is 0 Å². The third kappa shape index (κ3) is 5.71. The van der Waals surface area contributed by atoms with E-state index in [0.717, 1.165) is 0 Å². The quantitative estimate of drug-likeness (QED) is 0.635. The predicted octanol–water partition coefficient (Wildman–Crippen LogP) is 2.49. The van der Waals surface area contributed by atoms with Gasteiger partial charge in [0.25, 0.3) is 15.9 Å². The number of aryl methyl sites for hydroxylation is 1. The SMILES string of the molecule is CCOc1ccc(NS(=O)(=O)c2cc(C(=O)O[C@H](C)C(=O)NC)ccc2C)cc1. The topological polar surface area (TPSA) is 111 Å². The molecule has 1 atom stereocenters. The predicted molar refractivity (Wildman–Crippen MR) is 109 cm³/mol. The smallest absolute Gasteiger partial charge is 0.338 e. The van der Waals surface area contributed by atoms with Crippen LogP contribution in [0.4, 0.5) is 5.69 Å². The molecule has 0 spiro atoms. The van der Waals surface area contributed by atoms with E-state index >= 15 is 0 Å². The van der Waals surface area contributed by atoms with Gasteiger partial charge >= 0.3 is 5.97 Å². The summed E-state index contributed by atoms with van der Waals surface area (Å²) in [6.07, 6.45) is -1.00. The van der Waals surface area contributed by atoms with Crippen LogP contribution >= 0.6 is 0 Å². The summed E-state index contributed by atoms with van der Waals surface area (Å²) < 4.78 is 38.5. The van der Waals surface area contributed by atoms with Crippen molar-refractivity contribution < 1.29 is 27.5 Å². The lowest BCUT2D eigenvalue weighted by Gasteiger charge is -2.14. The molecule has 0 fully saturated rings. The van der Waals surface area contributed by atoms with Gasteiger partial charge in [-0.2, -0.15) is 0 Å². The highest BCUT2D eigenvalue weighted by atomic mass is 32.2. The highest BCUT2D eigenvalue weighted by molar-refractivity contribution is 7.92. The van der Waals surface area contributed by atoms with Gasteiger partial charge < -0.3 is 14.8 Å². The number of benzene rings is 2. The van der Waals surface area contributed by atoms with Gasteiger partial charge in [-0.3, -0.25) is 9.52 Å². The number of hydrogen-bond donors (Lipinski definition) is 2. The van der Waals surface area contributed by atoms with E-state index in [2.05, 4.69) is 10.0 Å². The van der Waals surface area contributed by atoms with Gasteiger partial charge in [-0.25, -0.2) is 13.2 Å². The number of sulfonamides is 1. The Morgan fingerprint density at radius 2 is 1.76 bits per heavy atom. The lowest BCUT2D eigenvalue weighted by molar-refractivity contribution is -0.128. The van der Waals surface area contributed by atoms with Gasteiger partial charge in [0.2, 0.25) is 0 Å². The fourth-order valence-corrected chi connectivity index (χ4v) is 3.83. The molecule has 0 saturated heterocycles. The van der Waals surface area contributed by atoms with Crippen LogP contribution in [0.1, 0.15) is 29.8 Å². The van der Waals surface area contributed by atoms with Crippen molar-refractivity contribution in [1.29, 1.82) is 0 Å². The molecule has 29 heavy (non-hydrogen) atoms. The van der Waals surface area contributed by atoms with Crippen LogP contribution in [0.5, 0.6) is 5.75 Å². The average molecular weight is 420 g/mol. The van der Waals surface area contributed by atoms with Gasteiger partial charge in [0.15, 0.2) is 6.10 Å². The number of rotatable bonds is 8. The number of carbonyl (C=O) groups is 2. The molecule has 0 aliphatic carbocycles. The molecule has 0 heterocycles. The van der Waals surface area contributed by atoms with Gasteiger partial charge in [-0.05, 0) is 62.7 Å². The first-order valence-electron chi connectivity index (χ1n) is 8.96. The first-order chi connectivity index (χ1) is 13.7. The Morgan fingerprint density at radius 3 is 2.34 bits per heavy atom. The first-order valence-corrected chi connectivity index (χ1v) is 10.4. The summed E-state index contributed by atoms with van der Waals surface area (Å²) in [5.41, 5.74) is 0.840. The molecule has 0 radical (unpaired) electrons. The minimum Gasteiger partial charge on any atom is -0.494 e. The highest BCUT2D eigenvalue weighted by Gasteiger charge is 2.22. The molecule has 2 aromatic rings. The third-order valence-corrected chi connectivity index (χ3v) is 5.55. The lowest BCUT2D eigenvalue weighted by atomic mass is 10.1. The second-order valence-corrected chi connectivity index (χ2v) is 7.86. The van der Waals surface area contributed by atoms with E-state index in [9.17, 15) is 18.0 Å². The van der Waals surface area contributed by atoms with Crippen LogP contribution in [-0.2, 0) is 19.6 Å². The second kappa shape index (κ2) is 9.42. The molecule has 9 heteroatoms. The number of amides is 1. The van der Waals surface area contributed by atoms with Crippen molar-refractivity contribution in [1.82, 2.24) is 5.32 Å². The maximum absolute atomic E-state index is 12.8. The van der Waals surface area contributed by atoms with Crippen molar-refractivity contribution in [2.24, 2.45) is 0 Å². The Labute approximate surface area is 170 Å². The van der Waals surface area contributed by atoms with E-state index in [1.54, 1.807) is 31.2 Å². The molecular weight excluding hydrogens is 396 g/mol. The minimum atomic E-state index is -3.95. The number of anilines is 1. The second-order valence-electron chi connectivity index (χ2n) is 6.20. The van der Waals surface area contributed by atoms with Crippen LogP contribution in [0.15, 0.2) is 47.4 Å². The molecule has 1 amide bonds. The van der Waals surface area contributed by atoms with E-state index < -0.39 is 28.0 Å². The van der Waals surface area contributed by atoms with E-state index in [-0.39, 0.29) is 10.5 Å². The molecule has 2 rings (SSSR count). The summed E-state index contributed by atoms with van der Waals surface area (Å²) in [6.45, 7) is 5.41. The monoisotopic (exact) mass is 420 g/mol. The van der Waals surface area contributed by atoms with Crippen molar-refractivity contribution >= 4 is 27.6 Å². The van der Waals surface area contributed by atoms with Gasteiger partial charge in [-0.1, -0.05) is 6.07 Å². The Bertz CT molecular complexity index is 987. The number of esters is 1. The summed E-state index contributed by atoms with van der Waals surface area (Å²) in [7, 11) is -2.53. The van der Waals surface area contributed by atoms with Crippen LogP contribution in [0.3, 0.4) is 0 Å². The number of carbonyl (C=O) groups excluding carboxylic acids is 2. The highest BCUT2D eigenvalue weighted by Crippen LogP contribution is 2.23. The summed E-state index contributed by atoms with van der Waals surface area (Å²) in [6, 6.07) is 10.7. The lowest BCUT2D eigenvalue weighted by Crippen LogP contribution is -2.33. The van der Waals surface area contributed by atoms with Crippen molar-refractivity contribution in [2.75, 3.05) is 18.4 Å². The van der Waals surface area contributed by atoms with Gasteiger partial charge in [0.1, 0.15) is 5.75 Å². The Kier molecular flexibility index (Phi) is 7.22. The Hall–Kier alpha value is -3.07. The van der Waals surface area contributed by atoms with Crippen molar-refractivity contribution in [3.05, 3.63) is 53.6 Å². The Balaban J connectivity index is 2.25. The third-order valence-electron chi connectivity index (χ3n) is 4.03. The Morgan fingerprint density at radius 1 is 1.10 bits per heavy atom. The number of hydrogen-bond acceptors (Lipinski definition) is 6. The molecule has 0 aromatic heterocycles. The number of likely N-dealkylation sites (N-methyl/N-ethyl adjacent to an activating group) is 1. The van der Waals surface area contributed by atoms with Gasteiger partial charge in [-0.15, -0.1) is 0 Å². The zero-order valence-electron chi connectivity index (χ0n) is 16.7. The number of nitrogens with one attached hydrogen (secondary N) is 2. The van der Waals surface area contributed by atoms with E-state index in [4.69, 9.17) is 9.47 Å². The normalized spacial score (nSPS) is 12.0. The van der Waals surface area contributed by atoms with Crippen LogP contribution in [-0.4, -0.2) is 40.1 Å². The largest absolute Gasteiger partial charge is 0.494 e. The maximum atomic E-state index is 12.8. The fourth-order valence-electron chi connectivity index (χ4n) is 2.50. The zero-order valence-corrected chi connectivity index (χ0v) is 17.5. The van der Waals surface area contributed by atoms with E-state index in [0.29, 0.717) is 23.6 Å². The molecule has 0 aliphatic heterocycles. The fraction of sp³-hybridized carbons (Fsp3) is 0.300. The summed E-state index contributed by atoms with van der Waals surface area (Å²) in [4.78, 5) is 23.8. The summed E-state index contributed by atoms with van der Waals surface area (Å²) >= 11 is 0. The number of ether oxygens (including phenoxy) is 2. The van der Waals surface area contributed by atoms with Crippen molar-refractivity contribution in [3.8, 4) is 5.75 Å². The van der Waals surface area contributed by atoms with E-state index in [1.807, 2.05) is 6.92 Å².